The molecule has 0 bridgehead atoms. The van der Waals surface area contributed by atoms with Gasteiger partial charge in [-0.05, 0) is 83.6 Å². The molecule has 0 aliphatic carbocycles. The van der Waals surface area contributed by atoms with Crippen molar-refractivity contribution in [3.05, 3.63) is 35.2 Å². The van der Waals surface area contributed by atoms with Crippen molar-refractivity contribution < 1.29 is 14.3 Å². The fraction of sp³-hybridized carbons (Fsp3) is 0.577. The first-order valence-corrected chi connectivity index (χ1v) is 12.8. The summed E-state index contributed by atoms with van der Waals surface area (Å²) in [7, 11) is 1.65. The average Bonchev–Trinajstić information content (AvgIpc) is 3.27. The molecule has 0 aliphatic rings. The first-order chi connectivity index (χ1) is 15.7. The monoisotopic (exact) mass is 511 g/mol. The number of carbonyl (C=O) groups excluding carboxylic acids is 1. The second-order valence-electron chi connectivity index (χ2n) is 8.65. The summed E-state index contributed by atoms with van der Waals surface area (Å²) in [6.45, 7) is 18.3. The molecule has 2 rings (SSSR count). The van der Waals surface area contributed by atoms with Crippen molar-refractivity contribution in [2.75, 3.05) is 33.3 Å². The van der Waals surface area contributed by atoms with Gasteiger partial charge in [-0.1, -0.05) is 13.8 Å². The van der Waals surface area contributed by atoms with Crippen molar-refractivity contribution in [1.82, 2.24) is 15.1 Å². The van der Waals surface area contributed by atoms with Crippen molar-refractivity contribution in [3.63, 3.8) is 0 Å². The third-order valence-electron chi connectivity index (χ3n) is 5.88. The summed E-state index contributed by atoms with van der Waals surface area (Å²) in [6, 6.07) is 10.7. The Morgan fingerprint density at radius 1 is 1.00 bits per heavy atom. The zero-order valence-electron chi connectivity index (χ0n) is 21.9. The van der Waals surface area contributed by atoms with Crippen LogP contribution in [0.3, 0.4) is 0 Å². The summed E-state index contributed by atoms with van der Waals surface area (Å²) in [5, 5.41) is 3.06. The largest absolute Gasteiger partial charge is 0.493 e. The van der Waals surface area contributed by atoms with E-state index in [0.29, 0.717) is 29.3 Å². The van der Waals surface area contributed by atoms with Gasteiger partial charge in [0.2, 0.25) is 0 Å². The molecule has 0 radical (unpaired) electrons. The molecule has 6 nitrogen and oxygen atoms in total. The van der Waals surface area contributed by atoms with Crippen LogP contribution in [0, 0.1) is 0 Å². The lowest BCUT2D eigenvalue weighted by atomic mass is 10.1. The van der Waals surface area contributed by atoms with E-state index in [1.807, 2.05) is 37.3 Å². The van der Waals surface area contributed by atoms with E-state index in [-0.39, 0.29) is 24.5 Å². The predicted molar refractivity (Wildman–Crippen MR) is 146 cm³/mol. The average molecular weight is 512 g/mol. The van der Waals surface area contributed by atoms with Gasteiger partial charge in [0, 0.05) is 30.1 Å². The van der Waals surface area contributed by atoms with Gasteiger partial charge in [-0.15, -0.1) is 23.7 Å². The van der Waals surface area contributed by atoms with Gasteiger partial charge in [-0.3, -0.25) is 14.6 Å². The summed E-state index contributed by atoms with van der Waals surface area (Å²) in [6.07, 6.45) is -0.0425. The molecule has 0 fully saturated rings. The van der Waals surface area contributed by atoms with Crippen LogP contribution < -0.4 is 14.8 Å². The number of carbonyl (C=O) groups is 1. The molecule has 0 spiro atoms. The van der Waals surface area contributed by atoms with Crippen LogP contribution in [0.5, 0.6) is 11.5 Å². The van der Waals surface area contributed by atoms with Crippen LogP contribution in [0.1, 0.15) is 58.1 Å². The van der Waals surface area contributed by atoms with Crippen LogP contribution in [-0.4, -0.2) is 67.3 Å². The highest BCUT2D eigenvalue weighted by atomic mass is 35.5. The minimum atomic E-state index is -0.0425. The van der Waals surface area contributed by atoms with E-state index >= 15 is 0 Å². The Labute approximate surface area is 216 Å². The van der Waals surface area contributed by atoms with Gasteiger partial charge in [-0.2, -0.15) is 0 Å². The molecule has 0 saturated heterocycles. The van der Waals surface area contributed by atoms with Gasteiger partial charge in [-0.25, -0.2) is 0 Å². The highest BCUT2D eigenvalue weighted by Crippen LogP contribution is 2.36. The highest BCUT2D eigenvalue weighted by molar-refractivity contribution is 7.17. The number of hydrogen-bond donors (Lipinski definition) is 1. The van der Waals surface area contributed by atoms with Crippen molar-refractivity contribution in [1.29, 1.82) is 0 Å². The van der Waals surface area contributed by atoms with Crippen molar-refractivity contribution in [2.45, 2.75) is 66.8 Å². The standard InChI is InChI=1S/C26H41N3O3S.ClH/c1-9-28(10-2)20(7)32-22-12-11-21(17-23(22)31-8)24-13-14-25(33-24)26(30)27-15-16-29(18(3)4)19(5)6;/h11-14,17-20H,9-10,15-16H2,1-8H3,(H,27,30);1H. The first kappa shape index (κ1) is 30.2. The number of ether oxygens (including phenoxy) is 2. The first-order valence-electron chi connectivity index (χ1n) is 11.9. The van der Waals surface area contributed by atoms with Crippen LogP contribution in [0.25, 0.3) is 10.4 Å². The Morgan fingerprint density at radius 2 is 1.65 bits per heavy atom. The summed E-state index contributed by atoms with van der Waals surface area (Å²) in [5.41, 5.74) is 1.00. The fourth-order valence-corrected chi connectivity index (χ4v) is 4.95. The molecule has 192 valence electrons. The summed E-state index contributed by atoms with van der Waals surface area (Å²) in [5.74, 6) is 1.38. The second-order valence-corrected chi connectivity index (χ2v) is 9.73. The lowest BCUT2D eigenvalue weighted by Crippen LogP contribution is -2.42. The Morgan fingerprint density at radius 3 is 2.21 bits per heavy atom. The van der Waals surface area contributed by atoms with Gasteiger partial charge >= 0.3 is 0 Å². The van der Waals surface area contributed by atoms with E-state index in [1.54, 1.807) is 7.11 Å². The van der Waals surface area contributed by atoms with Crippen molar-refractivity contribution in [2.24, 2.45) is 0 Å². The Kier molecular flexibility index (Phi) is 13.0. The van der Waals surface area contributed by atoms with E-state index in [2.05, 4.69) is 56.7 Å². The van der Waals surface area contributed by atoms with Crippen LogP contribution in [0.2, 0.25) is 0 Å². The molecule has 1 N–H and O–H groups in total. The zero-order valence-corrected chi connectivity index (χ0v) is 23.5. The van der Waals surface area contributed by atoms with Gasteiger partial charge in [0.05, 0.1) is 12.0 Å². The zero-order chi connectivity index (χ0) is 24.5. The van der Waals surface area contributed by atoms with Gasteiger partial charge in [0.15, 0.2) is 11.5 Å². The highest BCUT2D eigenvalue weighted by Gasteiger charge is 2.17. The molecular weight excluding hydrogens is 470 g/mol. The van der Waals surface area contributed by atoms with Crippen LogP contribution in [-0.2, 0) is 0 Å². The smallest absolute Gasteiger partial charge is 0.261 e. The molecule has 1 atom stereocenters. The van der Waals surface area contributed by atoms with Gasteiger partial charge in [0.25, 0.3) is 5.91 Å². The Hall–Kier alpha value is -1.80. The molecule has 0 saturated carbocycles. The number of nitrogens with zero attached hydrogens (tertiary/aromatic N) is 2. The quantitative estimate of drug-likeness (QED) is 0.346. The van der Waals surface area contributed by atoms with E-state index < -0.39 is 0 Å². The summed E-state index contributed by atoms with van der Waals surface area (Å²) >= 11 is 1.49. The predicted octanol–water partition coefficient (Wildman–Crippen LogP) is 5.76. The molecule has 1 unspecified atom stereocenters. The SMILES string of the molecule is CCN(CC)C(C)Oc1ccc(-c2ccc(C(=O)NCCN(C(C)C)C(C)C)s2)cc1OC.Cl. The minimum absolute atomic E-state index is 0. The maximum Gasteiger partial charge on any atom is 0.261 e. The maximum absolute atomic E-state index is 12.7. The van der Waals surface area contributed by atoms with Crippen LogP contribution in [0.4, 0.5) is 0 Å². The van der Waals surface area contributed by atoms with E-state index in [1.165, 1.54) is 11.3 Å². The van der Waals surface area contributed by atoms with Crippen LogP contribution in [0.15, 0.2) is 30.3 Å². The molecular formula is C26H42ClN3O3S. The number of thiophene rings is 1. The summed E-state index contributed by atoms with van der Waals surface area (Å²) < 4.78 is 11.7. The van der Waals surface area contributed by atoms with Crippen molar-refractivity contribution >= 4 is 29.7 Å². The third kappa shape index (κ3) is 8.15. The Bertz CT molecular complexity index is 876. The van der Waals surface area contributed by atoms with Gasteiger partial charge < -0.3 is 14.8 Å². The summed E-state index contributed by atoms with van der Waals surface area (Å²) in [4.78, 5) is 19.0. The second kappa shape index (κ2) is 14.6. The molecule has 8 heteroatoms. The fourth-order valence-electron chi connectivity index (χ4n) is 4.03. The third-order valence-corrected chi connectivity index (χ3v) is 7.02. The number of nitrogens with one attached hydrogen (secondary N) is 1. The lowest BCUT2D eigenvalue weighted by molar-refractivity contribution is 0.0458. The number of amides is 1. The molecule has 1 aromatic carbocycles. The molecule has 0 aliphatic heterocycles. The van der Waals surface area contributed by atoms with Crippen molar-refractivity contribution in [3.8, 4) is 21.9 Å². The normalized spacial score (nSPS) is 12.2. The number of methoxy groups -OCH3 is 1. The van der Waals surface area contributed by atoms with E-state index in [4.69, 9.17) is 9.47 Å². The number of halogens is 1. The number of hydrogen-bond acceptors (Lipinski definition) is 6. The molecule has 1 heterocycles. The molecule has 1 amide bonds. The number of benzene rings is 1. The molecule has 2 aromatic rings. The topological polar surface area (TPSA) is 54.0 Å². The number of rotatable bonds is 13. The molecule has 34 heavy (non-hydrogen) atoms. The maximum atomic E-state index is 12.7. The van der Waals surface area contributed by atoms with Gasteiger partial charge in [0.1, 0.15) is 6.23 Å². The molecule has 1 aromatic heterocycles. The van der Waals surface area contributed by atoms with Crippen LogP contribution >= 0.6 is 23.7 Å². The van der Waals surface area contributed by atoms with E-state index in [9.17, 15) is 4.79 Å². The lowest BCUT2D eigenvalue weighted by Gasteiger charge is -2.30. The van der Waals surface area contributed by atoms with E-state index in [0.717, 1.165) is 35.8 Å². The Balaban J connectivity index is 0.00000578. The minimum Gasteiger partial charge on any atom is -0.493 e.